The van der Waals surface area contributed by atoms with E-state index in [0.29, 0.717) is 17.8 Å². The Bertz CT molecular complexity index is 632. The molecule has 2 heterocycles. The van der Waals surface area contributed by atoms with Crippen LogP contribution in [-0.2, 0) is 9.59 Å². The van der Waals surface area contributed by atoms with Gasteiger partial charge in [0.25, 0.3) is 0 Å². The van der Waals surface area contributed by atoms with Gasteiger partial charge in [0.05, 0.1) is 5.92 Å². The average molecular weight is 244 g/mol. The van der Waals surface area contributed by atoms with E-state index in [-0.39, 0.29) is 18.2 Å². The van der Waals surface area contributed by atoms with Crippen LogP contribution in [0.3, 0.4) is 0 Å². The van der Waals surface area contributed by atoms with Gasteiger partial charge in [-0.05, 0) is 19.1 Å². The third-order valence-corrected chi connectivity index (χ3v) is 3.30. The van der Waals surface area contributed by atoms with E-state index in [4.69, 9.17) is 4.52 Å². The van der Waals surface area contributed by atoms with Crippen LogP contribution in [0.5, 0.6) is 0 Å². The van der Waals surface area contributed by atoms with Crippen molar-refractivity contribution in [1.82, 2.24) is 10.1 Å². The zero-order valence-corrected chi connectivity index (χ0v) is 9.92. The van der Waals surface area contributed by atoms with Crippen LogP contribution < -0.4 is 0 Å². The number of hydrogen-bond donors (Lipinski definition) is 0. The van der Waals surface area contributed by atoms with Crippen LogP contribution in [0.15, 0.2) is 28.8 Å². The highest BCUT2D eigenvalue weighted by Crippen LogP contribution is 2.33. The van der Waals surface area contributed by atoms with Gasteiger partial charge in [-0.25, -0.2) is 0 Å². The number of carbonyl (C=O) groups is 2. The second-order valence-corrected chi connectivity index (χ2v) is 4.30. The van der Waals surface area contributed by atoms with Gasteiger partial charge >= 0.3 is 0 Å². The summed E-state index contributed by atoms with van der Waals surface area (Å²) in [6.45, 7) is 2.20. The zero-order valence-electron chi connectivity index (χ0n) is 9.92. The molecule has 1 atom stereocenters. The number of likely N-dealkylation sites (tertiary alicyclic amines) is 1. The molecule has 0 bridgehead atoms. The SMILES string of the molecule is CCN1C(=O)CC(c2noc3ccccc23)C1=O. The van der Waals surface area contributed by atoms with E-state index in [2.05, 4.69) is 5.16 Å². The van der Waals surface area contributed by atoms with E-state index in [1.165, 1.54) is 4.90 Å². The molecule has 0 radical (unpaired) electrons. The van der Waals surface area contributed by atoms with Gasteiger partial charge in [-0.1, -0.05) is 17.3 Å². The number of aromatic nitrogens is 1. The number of likely N-dealkylation sites (N-methyl/N-ethyl adjacent to an activating group) is 1. The first kappa shape index (κ1) is 11.0. The second kappa shape index (κ2) is 3.94. The number of benzene rings is 1. The van der Waals surface area contributed by atoms with Crippen molar-refractivity contribution in [3.63, 3.8) is 0 Å². The number of para-hydroxylation sites is 1. The lowest BCUT2D eigenvalue weighted by Gasteiger charge is -2.10. The minimum absolute atomic E-state index is 0.139. The number of fused-ring (bicyclic) bond motifs is 1. The van der Waals surface area contributed by atoms with Crippen molar-refractivity contribution in [2.75, 3.05) is 6.54 Å². The van der Waals surface area contributed by atoms with E-state index >= 15 is 0 Å². The Morgan fingerprint density at radius 3 is 2.89 bits per heavy atom. The van der Waals surface area contributed by atoms with Crippen molar-refractivity contribution in [3.05, 3.63) is 30.0 Å². The minimum atomic E-state index is -0.499. The molecule has 1 aliphatic heterocycles. The number of amides is 2. The van der Waals surface area contributed by atoms with Gasteiger partial charge in [0, 0.05) is 18.4 Å². The molecule has 1 aromatic carbocycles. The molecule has 2 aromatic rings. The number of rotatable bonds is 2. The monoisotopic (exact) mass is 244 g/mol. The molecule has 0 spiro atoms. The van der Waals surface area contributed by atoms with Crippen molar-refractivity contribution in [2.45, 2.75) is 19.3 Å². The molecule has 0 saturated carbocycles. The highest BCUT2D eigenvalue weighted by atomic mass is 16.5. The first-order valence-electron chi connectivity index (χ1n) is 5.91. The number of carbonyl (C=O) groups excluding carboxylic acids is 2. The van der Waals surface area contributed by atoms with Gasteiger partial charge < -0.3 is 4.52 Å². The van der Waals surface area contributed by atoms with Gasteiger partial charge in [0.2, 0.25) is 11.8 Å². The van der Waals surface area contributed by atoms with Crippen LogP contribution in [0.4, 0.5) is 0 Å². The summed E-state index contributed by atoms with van der Waals surface area (Å²) in [5, 5.41) is 4.76. The molecule has 92 valence electrons. The van der Waals surface area contributed by atoms with E-state index < -0.39 is 5.92 Å². The van der Waals surface area contributed by atoms with Crippen LogP contribution in [0, 0.1) is 0 Å². The maximum atomic E-state index is 12.1. The van der Waals surface area contributed by atoms with Crippen molar-refractivity contribution in [2.24, 2.45) is 0 Å². The molecular formula is C13H12N2O3. The second-order valence-electron chi connectivity index (χ2n) is 4.30. The first-order valence-corrected chi connectivity index (χ1v) is 5.91. The average Bonchev–Trinajstić information content (AvgIpc) is 2.91. The largest absolute Gasteiger partial charge is 0.356 e. The molecule has 5 heteroatoms. The number of imide groups is 1. The zero-order chi connectivity index (χ0) is 12.7. The number of nitrogens with zero attached hydrogens (tertiary/aromatic N) is 2. The Morgan fingerprint density at radius 2 is 2.17 bits per heavy atom. The smallest absolute Gasteiger partial charge is 0.238 e. The molecule has 1 unspecified atom stereocenters. The molecule has 1 fully saturated rings. The third-order valence-electron chi connectivity index (χ3n) is 3.30. The van der Waals surface area contributed by atoms with Crippen molar-refractivity contribution >= 4 is 22.8 Å². The minimum Gasteiger partial charge on any atom is -0.356 e. The fourth-order valence-corrected chi connectivity index (χ4v) is 2.39. The van der Waals surface area contributed by atoms with Crippen molar-refractivity contribution in [3.8, 4) is 0 Å². The van der Waals surface area contributed by atoms with Gasteiger partial charge in [-0.2, -0.15) is 0 Å². The molecular weight excluding hydrogens is 232 g/mol. The molecule has 0 N–H and O–H groups in total. The predicted molar refractivity (Wildman–Crippen MR) is 63.8 cm³/mol. The Morgan fingerprint density at radius 1 is 1.39 bits per heavy atom. The topological polar surface area (TPSA) is 63.4 Å². The van der Waals surface area contributed by atoms with Crippen molar-refractivity contribution in [1.29, 1.82) is 0 Å². The fourth-order valence-electron chi connectivity index (χ4n) is 2.39. The molecule has 1 saturated heterocycles. The highest BCUT2D eigenvalue weighted by Gasteiger charge is 2.40. The van der Waals surface area contributed by atoms with Crippen LogP contribution >= 0.6 is 0 Å². The molecule has 2 amide bonds. The summed E-state index contributed by atoms with van der Waals surface area (Å²) >= 11 is 0. The Balaban J connectivity index is 2.06. The van der Waals surface area contributed by atoms with Crippen LogP contribution in [0.2, 0.25) is 0 Å². The van der Waals surface area contributed by atoms with E-state index in [1.54, 1.807) is 13.0 Å². The molecule has 18 heavy (non-hydrogen) atoms. The molecule has 3 rings (SSSR count). The quantitative estimate of drug-likeness (QED) is 0.754. The van der Waals surface area contributed by atoms with Gasteiger partial charge in [-0.15, -0.1) is 0 Å². The predicted octanol–water partition coefficient (Wildman–Crippen LogP) is 1.69. The van der Waals surface area contributed by atoms with Gasteiger partial charge in [0.1, 0.15) is 5.69 Å². The lowest BCUT2D eigenvalue weighted by molar-refractivity contribution is -0.138. The maximum absolute atomic E-state index is 12.1. The van der Waals surface area contributed by atoms with Crippen molar-refractivity contribution < 1.29 is 14.1 Å². The third kappa shape index (κ3) is 1.44. The van der Waals surface area contributed by atoms with Crippen LogP contribution in [-0.4, -0.2) is 28.4 Å². The maximum Gasteiger partial charge on any atom is 0.238 e. The Labute approximate surface area is 103 Å². The normalized spacial score (nSPS) is 20.1. The Kier molecular flexibility index (Phi) is 2.40. The lowest BCUT2D eigenvalue weighted by atomic mass is 10.0. The van der Waals surface area contributed by atoms with Gasteiger partial charge in [0.15, 0.2) is 5.58 Å². The van der Waals surface area contributed by atoms with E-state index in [1.807, 2.05) is 18.2 Å². The molecule has 5 nitrogen and oxygen atoms in total. The first-order chi connectivity index (χ1) is 8.72. The summed E-state index contributed by atoms with van der Waals surface area (Å²) in [5.41, 5.74) is 1.21. The molecule has 0 aliphatic carbocycles. The van der Waals surface area contributed by atoms with E-state index in [9.17, 15) is 9.59 Å². The van der Waals surface area contributed by atoms with E-state index in [0.717, 1.165) is 5.39 Å². The standard InChI is InChI=1S/C13H12N2O3/c1-2-15-11(16)7-9(13(15)17)12-8-5-3-4-6-10(8)18-14-12/h3-6,9H,2,7H2,1H3. The summed E-state index contributed by atoms with van der Waals surface area (Å²) in [4.78, 5) is 25.1. The summed E-state index contributed by atoms with van der Waals surface area (Å²) in [5.74, 6) is -0.817. The van der Waals surface area contributed by atoms with Gasteiger partial charge in [-0.3, -0.25) is 14.5 Å². The Hall–Kier alpha value is -2.17. The highest BCUT2D eigenvalue weighted by molar-refractivity contribution is 6.07. The molecule has 1 aromatic heterocycles. The number of hydrogen-bond acceptors (Lipinski definition) is 4. The van der Waals surface area contributed by atoms with Crippen LogP contribution in [0.25, 0.3) is 11.0 Å². The molecule has 1 aliphatic rings. The summed E-state index contributed by atoms with van der Waals surface area (Å²) < 4.78 is 5.18. The lowest BCUT2D eigenvalue weighted by Crippen LogP contribution is -2.29. The van der Waals surface area contributed by atoms with Crippen LogP contribution in [0.1, 0.15) is 25.0 Å². The summed E-state index contributed by atoms with van der Waals surface area (Å²) in [6.07, 6.45) is 0.184. The summed E-state index contributed by atoms with van der Waals surface area (Å²) in [7, 11) is 0. The fraction of sp³-hybridized carbons (Fsp3) is 0.308. The summed E-state index contributed by atoms with van der Waals surface area (Å²) in [6, 6.07) is 7.36.